The molecular formula is C23H17N3O3. The zero-order valence-electron chi connectivity index (χ0n) is 15.4. The number of hydrogen-bond acceptors (Lipinski definition) is 4. The van der Waals surface area contributed by atoms with Crippen LogP contribution in [0.4, 0.5) is 0 Å². The fraction of sp³-hybridized carbons (Fsp3) is 0.0435. The monoisotopic (exact) mass is 383 g/mol. The van der Waals surface area contributed by atoms with E-state index in [0.29, 0.717) is 17.6 Å². The second-order valence-corrected chi connectivity index (χ2v) is 6.49. The highest BCUT2D eigenvalue weighted by Gasteiger charge is 2.11. The SMILES string of the molecule is O=C(O)c1cccc(-c2ccccc2CNC(=O)c2cnc3cccnc3c2)c1. The third-order valence-corrected chi connectivity index (χ3v) is 4.59. The zero-order chi connectivity index (χ0) is 20.2. The minimum Gasteiger partial charge on any atom is -0.478 e. The van der Waals surface area contributed by atoms with Gasteiger partial charge in [0.1, 0.15) is 0 Å². The van der Waals surface area contributed by atoms with Gasteiger partial charge >= 0.3 is 5.97 Å². The summed E-state index contributed by atoms with van der Waals surface area (Å²) in [5.74, 6) is -1.23. The van der Waals surface area contributed by atoms with Crippen molar-refractivity contribution in [1.82, 2.24) is 15.3 Å². The van der Waals surface area contributed by atoms with Gasteiger partial charge in [-0.25, -0.2) is 4.79 Å². The molecule has 2 heterocycles. The molecule has 1 amide bonds. The standard InChI is InChI=1S/C23H17N3O3/c27-22(18-12-21-20(25-14-18)9-4-10-24-21)26-13-17-5-1-2-8-19(17)15-6-3-7-16(11-15)23(28)29/h1-12,14H,13H2,(H,26,27)(H,28,29). The molecule has 0 bridgehead atoms. The average Bonchev–Trinajstić information content (AvgIpc) is 2.77. The van der Waals surface area contributed by atoms with Crippen LogP contribution in [-0.2, 0) is 6.54 Å². The van der Waals surface area contributed by atoms with Crippen LogP contribution in [0.2, 0.25) is 0 Å². The predicted octanol–water partition coefficient (Wildman–Crippen LogP) is 3.93. The average molecular weight is 383 g/mol. The van der Waals surface area contributed by atoms with Gasteiger partial charge in [-0.15, -0.1) is 0 Å². The number of carboxylic acid groups (broad SMARTS) is 1. The van der Waals surface area contributed by atoms with E-state index in [9.17, 15) is 14.7 Å². The number of pyridine rings is 2. The number of carbonyl (C=O) groups excluding carboxylic acids is 1. The molecular weight excluding hydrogens is 366 g/mol. The van der Waals surface area contributed by atoms with Gasteiger partial charge in [0.25, 0.3) is 5.91 Å². The quantitative estimate of drug-likeness (QED) is 0.545. The number of benzene rings is 2. The predicted molar refractivity (Wildman–Crippen MR) is 110 cm³/mol. The number of rotatable bonds is 5. The summed E-state index contributed by atoms with van der Waals surface area (Å²) in [6, 6.07) is 19.7. The van der Waals surface area contributed by atoms with Gasteiger partial charge in [-0.2, -0.15) is 0 Å². The Labute approximate surface area is 166 Å². The molecule has 0 aliphatic carbocycles. The summed E-state index contributed by atoms with van der Waals surface area (Å²) in [5, 5.41) is 12.1. The van der Waals surface area contributed by atoms with Gasteiger partial charge in [-0.1, -0.05) is 36.4 Å². The maximum atomic E-state index is 12.6. The van der Waals surface area contributed by atoms with E-state index in [4.69, 9.17) is 0 Å². The molecule has 0 radical (unpaired) electrons. The third kappa shape index (κ3) is 3.96. The van der Waals surface area contributed by atoms with Gasteiger partial charge in [0, 0.05) is 18.9 Å². The number of nitrogens with one attached hydrogen (secondary N) is 1. The van der Waals surface area contributed by atoms with Crippen molar-refractivity contribution in [3.8, 4) is 11.1 Å². The van der Waals surface area contributed by atoms with Crippen molar-refractivity contribution in [3.05, 3.63) is 95.8 Å². The van der Waals surface area contributed by atoms with Gasteiger partial charge in [-0.3, -0.25) is 14.8 Å². The van der Waals surface area contributed by atoms with Crippen LogP contribution in [0.25, 0.3) is 22.2 Å². The molecule has 4 aromatic rings. The third-order valence-electron chi connectivity index (χ3n) is 4.59. The maximum absolute atomic E-state index is 12.6. The first-order valence-corrected chi connectivity index (χ1v) is 9.02. The number of aromatic nitrogens is 2. The molecule has 2 N–H and O–H groups in total. The van der Waals surface area contributed by atoms with Crippen molar-refractivity contribution < 1.29 is 14.7 Å². The summed E-state index contributed by atoms with van der Waals surface area (Å²) >= 11 is 0. The molecule has 0 aliphatic rings. The Hall–Kier alpha value is -4.06. The lowest BCUT2D eigenvalue weighted by Gasteiger charge is -2.12. The largest absolute Gasteiger partial charge is 0.478 e. The van der Waals surface area contributed by atoms with E-state index in [1.54, 1.807) is 36.5 Å². The Morgan fingerprint density at radius 1 is 0.862 bits per heavy atom. The van der Waals surface area contributed by atoms with Crippen LogP contribution in [-0.4, -0.2) is 27.0 Å². The molecule has 2 aromatic heterocycles. The lowest BCUT2D eigenvalue weighted by molar-refractivity contribution is 0.0696. The molecule has 6 nitrogen and oxygen atoms in total. The lowest BCUT2D eigenvalue weighted by Crippen LogP contribution is -2.23. The number of carboxylic acids is 1. The summed E-state index contributed by atoms with van der Waals surface area (Å²) in [7, 11) is 0. The summed E-state index contributed by atoms with van der Waals surface area (Å²) in [4.78, 5) is 32.4. The van der Waals surface area contributed by atoms with Crippen molar-refractivity contribution in [2.75, 3.05) is 0 Å². The topological polar surface area (TPSA) is 92.2 Å². The van der Waals surface area contributed by atoms with E-state index >= 15 is 0 Å². The van der Waals surface area contributed by atoms with Crippen molar-refractivity contribution in [2.45, 2.75) is 6.54 Å². The molecule has 0 atom stereocenters. The minimum absolute atomic E-state index is 0.219. The van der Waals surface area contributed by atoms with E-state index in [1.807, 2.05) is 36.4 Å². The van der Waals surface area contributed by atoms with Crippen molar-refractivity contribution >= 4 is 22.9 Å². The van der Waals surface area contributed by atoms with Crippen LogP contribution in [0.3, 0.4) is 0 Å². The smallest absolute Gasteiger partial charge is 0.335 e. The van der Waals surface area contributed by atoms with Crippen LogP contribution in [0.15, 0.2) is 79.1 Å². The molecule has 0 spiro atoms. The number of aromatic carboxylic acids is 1. The van der Waals surface area contributed by atoms with Crippen LogP contribution in [0.5, 0.6) is 0 Å². The van der Waals surface area contributed by atoms with Gasteiger partial charge in [-0.05, 0) is 47.0 Å². The summed E-state index contributed by atoms with van der Waals surface area (Å²) in [5.41, 5.74) is 4.58. The first-order valence-electron chi connectivity index (χ1n) is 9.02. The normalized spacial score (nSPS) is 10.6. The number of amides is 1. The van der Waals surface area contributed by atoms with Crippen molar-refractivity contribution in [2.24, 2.45) is 0 Å². The highest BCUT2D eigenvalue weighted by molar-refractivity contribution is 5.96. The fourth-order valence-corrected chi connectivity index (χ4v) is 3.13. The van der Waals surface area contributed by atoms with Crippen LogP contribution < -0.4 is 5.32 Å². The molecule has 142 valence electrons. The number of fused-ring (bicyclic) bond motifs is 1. The highest BCUT2D eigenvalue weighted by atomic mass is 16.4. The van der Waals surface area contributed by atoms with E-state index in [2.05, 4.69) is 15.3 Å². The van der Waals surface area contributed by atoms with E-state index in [1.165, 1.54) is 6.20 Å². The second kappa shape index (κ2) is 7.90. The first kappa shape index (κ1) is 18.3. The van der Waals surface area contributed by atoms with Gasteiger partial charge in [0.05, 0.1) is 22.2 Å². The van der Waals surface area contributed by atoms with Gasteiger partial charge in [0.2, 0.25) is 0 Å². The molecule has 6 heteroatoms. The minimum atomic E-state index is -0.977. The summed E-state index contributed by atoms with van der Waals surface area (Å²) < 4.78 is 0. The molecule has 0 saturated carbocycles. The van der Waals surface area contributed by atoms with E-state index < -0.39 is 5.97 Å². The van der Waals surface area contributed by atoms with Crippen LogP contribution >= 0.6 is 0 Å². The highest BCUT2D eigenvalue weighted by Crippen LogP contribution is 2.25. The molecule has 0 aliphatic heterocycles. The Balaban J connectivity index is 1.56. The first-order chi connectivity index (χ1) is 14.1. The Morgan fingerprint density at radius 2 is 1.72 bits per heavy atom. The van der Waals surface area contributed by atoms with Crippen LogP contribution in [0.1, 0.15) is 26.3 Å². The van der Waals surface area contributed by atoms with Crippen LogP contribution in [0, 0.1) is 0 Å². The van der Waals surface area contributed by atoms with Gasteiger partial charge in [0.15, 0.2) is 0 Å². The summed E-state index contributed by atoms with van der Waals surface area (Å²) in [6.45, 7) is 0.298. The Morgan fingerprint density at radius 3 is 2.59 bits per heavy atom. The zero-order valence-corrected chi connectivity index (χ0v) is 15.4. The Bertz CT molecular complexity index is 1220. The van der Waals surface area contributed by atoms with Crippen molar-refractivity contribution in [1.29, 1.82) is 0 Å². The second-order valence-electron chi connectivity index (χ2n) is 6.49. The van der Waals surface area contributed by atoms with E-state index in [0.717, 1.165) is 22.2 Å². The van der Waals surface area contributed by atoms with E-state index in [-0.39, 0.29) is 11.5 Å². The molecule has 0 unspecified atom stereocenters. The number of nitrogens with zero attached hydrogens (tertiary/aromatic N) is 2. The van der Waals surface area contributed by atoms with Gasteiger partial charge < -0.3 is 10.4 Å². The number of carbonyl (C=O) groups is 2. The molecule has 2 aromatic carbocycles. The Kier molecular flexibility index (Phi) is 4.99. The fourth-order valence-electron chi connectivity index (χ4n) is 3.13. The summed E-state index contributed by atoms with van der Waals surface area (Å²) in [6.07, 6.45) is 3.19. The molecule has 4 rings (SSSR count). The number of hydrogen-bond donors (Lipinski definition) is 2. The lowest BCUT2D eigenvalue weighted by atomic mass is 9.98. The molecule has 29 heavy (non-hydrogen) atoms. The molecule has 0 saturated heterocycles. The van der Waals surface area contributed by atoms with Crippen molar-refractivity contribution in [3.63, 3.8) is 0 Å². The maximum Gasteiger partial charge on any atom is 0.335 e. The molecule has 0 fully saturated rings.